The molecular weight excluding hydrogens is 423 g/mol. The van der Waals surface area contributed by atoms with Gasteiger partial charge >= 0.3 is 6.01 Å². The lowest BCUT2D eigenvalue weighted by atomic mass is 9.90. The molecule has 0 unspecified atom stereocenters. The van der Waals surface area contributed by atoms with Crippen molar-refractivity contribution in [3.8, 4) is 5.75 Å². The molecule has 0 N–H and O–H groups in total. The zero-order chi connectivity index (χ0) is 23.5. The summed E-state index contributed by atoms with van der Waals surface area (Å²) in [5.74, 6) is 3.26. The first kappa shape index (κ1) is 23.5. The molecule has 0 spiro atoms. The number of carbonyl (C=O) groups excluding carboxylic acids is 1. The molecule has 1 aliphatic heterocycles. The lowest BCUT2D eigenvalue weighted by molar-refractivity contribution is -0.128. The smallest absolute Gasteiger partial charge is 0.324 e. The molecule has 4 rings (SSSR count). The normalized spacial score (nSPS) is 20.8. The van der Waals surface area contributed by atoms with E-state index in [0.29, 0.717) is 29.9 Å². The van der Waals surface area contributed by atoms with Crippen molar-refractivity contribution < 1.29 is 18.4 Å². The number of aromatic nitrogens is 2. The van der Waals surface area contributed by atoms with Gasteiger partial charge in [-0.3, -0.25) is 4.79 Å². The Morgan fingerprint density at radius 1 is 1.30 bits per heavy atom. The summed E-state index contributed by atoms with van der Waals surface area (Å²) in [6, 6.07) is 5.44. The average molecular weight is 459 g/mol. The lowest BCUT2D eigenvalue weighted by Gasteiger charge is -2.30. The fourth-order valence-electron chi connectivity index (χ4n) is 4.70. The molecule has 2 atom stereocenters. The van der Waals surface area contributed by atoms with E-state index in [4.69, 9.17) is 9.26 Å². The summed E-state index contributed by atoms with van der Waals surface area (Å²) < 4.78 is 25.5. The van der Waals surface area contributed by atoms with E-state index in [0.717, 1.165) is 50.0 Å². The largest absolute Gasteiger partial charge is 0.493 e. The minimum Gasteiger partial charge on any atom is -0.493 e. The average Bonchev–Trinajstić information content (AvgIpc) is 3.38. The SMILES string of the molecule is CC(C)c1noc(N2CCC([C@H]3C[C@H]3CCOc3ccc(CC(=O)N(C)C)c(F)c3)CC2)n1. The number of halogens is 1. The Hall–Kier alpha value is -2.64. The van der Waals surface area contributed by atoms with Gasteiger partial charge in [0.05, 0.1) is 13.0 Å². The van der Waals surface area contributed by atoms with Gasteiger partial charge in [0, 0.05) is 39.2 Å². The van der Waals surface area contributed by atoms with E-state index in [9.17, 15) is 9.18 Å². The Kier molecular flexibility index (Phi) is 7.20. The van der Waals surface area contributed by atoms with Gasteiger partial charge in [-0.05, 0) is 55.1 Å². The molecule has 0 radical (unpaired) electrons. The number of anilines is 1. The van der Waals surface area contributed by atoms with Crippen molar-refractivity contribution in [1.29, 1.82) is 0 Å². The van der Waals surface area contributed by atoms with Crippen molar-refractivity contribution >= 4 is 11.9 Å². The molecule has 1 aromatic heterocycles. The van der Waals surface area contributed by atoms with Gasteiger partial charge in [-0.25, -0.2) is 4.39 Å². The predicted molar refractivity (Wildman–Crippen MR) is 124 cm³/mol. The molecule has 1 saturated carbocycles. The van der Waals surface area contributed by atoms with E-state index < -0.39 is 0 Å². The number of ether oxygens (including phenoxy) is 1. The highest BCUT2D eigenvalue weighted by Crippen LogP contribution is 2.50. The second-order valence-corrected chi connectivity index (χ2v) is 9.93. The number of hydrogen-bond donors (Lipinski definition) is 0. The molecule has 7 nitrogen and oxygen atoms in total. The van der Waals surface area contributed by atoms with Crippen LogP contribution >= 0.6 is 0 Å². The minimum atomic E-state index is -0.388. The van der Waals surface area contributed by atoms with Gasteiger partial charge in [0.15, 0.2) is 5.82 Å². The van der Waals surface area contributed by atoms with Crippen LogP contribution in [0.15, 0.2) is 22.7 Å². The summed E-state index contributed by atoms with van der Waals surface area (Å²) in [7, 11) is 3.34. The number of carbonyl (C=O) groups is 1. The predicted octanol–water partition coefficient (Wildman–Crippen LogP) is 4.28. The summed E-state index contributed by atoms with van der Waals surface area (Å²) in [5, 5.41) is 4.08. The molecule has 8 heteroatoms. The Balaban J connectivity index is 1.17. The molecule has 1 saturated heterocycles. The summed E-state index contributed by atoms with van der Waals surface area (Å²) >= 11 is 0. The Labute approximate surface area is 195 Å². The molecular formula is C25H35FN4O3. The van der Waals surface area contributed by atoms with Crippen LogP contribution in [0.2, 0.25) is 0 Å². The molecule has 0 bridgehead atoms. The summed E-state index contributed by atoms with van der Waals surface area (Å²) in [6.07, 6.45) is 4.62. The molecule has 1 aliphatic carbocycles. The number of rotatable bonds is 9. The van der Waals surface area contributed by atoms with Gasteiger partial charge in [-0.2, -0.15) is 4.98 Å². The lowest BCUT2D eigenvalue weighted by Crippen LogP contribution is -2.34. The molecule has 2 aromatic rings. The second kappa shape index (κ2) is 10.1. The number of hydrogen-bond acceptors (Lipinski definition) is 6. The van der Waals surface area contributed by atoms with Crippen LogP contribution in [0.1, 0.15) is 56.8 Å². The first-order valence-corrected chi connectivity index (χ1v) is 12.0. The zero-order valence-electron chi connectivity index (χ0n) is 20.1. The van der Waals surface area contributed by atoms with Gasteiger partial charge in [0.2, 0.25) is 5.91 Å². The fraction of sp³-hybridized carbons (Fsp3) is 0.640. The second-order valence-electron chi connectivity index (χ2n) is 9.93. The fourth-order valence-corrected chi connectivity index (χ4v) is 4.70. The van der Waals surface area contributed by atoms with E-state index in [2.05, 4.69) is 28.9 Å². The maximum absolute atomic E-state index is 14.3. The van der Waals surface area contributed by atoms with Crippen molar-refractivity contribution in [3.63, 3.8) is 0 Å². The van der Waals surface area contributed by atoms with Crippen molar-refractivity contribution in [1.82, 2.24) is 15.0 Å². The van der Waals surface area contributed by atoms with Crippen LogP contribution < -0.4 is 9.64 Å². The van der Waals surface area contributed by atoms with E-state index in [1.54, 1.807) is 26.2 Å². The number of piperidine rings is 1. The van der Waals surface area contributed by atoms with Gasteiger partial charge in [-0.1, -0.05) is 25.1 Å². The number of benzene rings is 1. The number of nitrogens with zero attached hydrogens (tertiary/aromatic N) is 4. The summed E-state index contributed by atoms with van der Waals surface area (Å²) in [4.78, 5) is 20.0. The van der Waals surface area contributed by atoms with E-state index in [1.165, 1.54) is 17.4 Å². The molecule has 2 aliphatic rings. The van der Waals surface area contributed by atoms with Crippen LogP contribution in [0.25, 0.3) is 0 Å². The molecule has 180 valence electrons. The van der Waals surface area contributed by atoms with E-state index in [1.807, 2.05) is 0 Å². The van der Waals surface area contributed by atoms with Gasteiger partial charge in [-0.15, -0.1) is 0 Å². The van der Waals surface area contributed by atoms with E-state index >= 15 is 0 Å². The van der Waals surface area contributed by atoms with Crippen LogP contribution in [0, 0.1) is 23.6 Å². The van der Waals surface area contributed by atoms with Crippen molar-refractivity contribution in [2.24, 2.45) is 17.8 Å². The van der Waals surface area contributed by atoms with Gasteiger partial charge < -0.3 is 19.1 Å². The third-order valence-corrected chi connectivity index (χ3v) is 6.96. The van der Waals surface area contributed by atoms with Crippen LogP contribution in [-0.4, -0.2) is 54.7 Å². The van der Waals surface area contributed by atoms with Crippen LogP contribution in [0.4, 0.5) is 10.4 Å². The Bertz CT molecular complexity index is 953. The highest BCUT2D eigenvalue weighted by Gasteiger charge is 2.43. The van der Waals surface area contributed by atoms with E-state index in [-0.39, 0.29) is 24.1 Å². The molecule has 2 heterocycles. The van der Waals surface area contributed by atoms with Gasteiger partial charge in [0.1, 0.15) is 11.6 Å². The minimum absolute atomic E-state index is 0.0626. The third kappa shape index (κ3) is 5.84. The molecule has 1 aromatic carbocycles. The number of likely N-dealkylation sites (N-methyl/N-ethyl adjacent to an activating group) is 1. The maximum Gasteiger partial charge on any atom is 0.324 e. The molecule has 1 amide bonds. The van der Waals surface area contributed by atoms with Crippen molar-refractivity contribution in [2.45, 2.75) is 51.9 Å². The third-order valence-electron chi connectivity index (χ3n) is 6.96. The quantitative estimate of drug-likeness (QED) is 0.558. The molecule has 2 fully saturated rings. The summed E-state index contributed by atoms with van der Waals surface area (Å²) in [6.45, 7) is 6.66. The first-order chi connectivity index (χ1) is 15.8. The van der Waals surface area contributed by atoms with Crippen molar-refractivity contribution in [2.75, 3.05) is 38.7 Å². The molecule has 33 heavy (non-hydrogen) atoms. The van der Waals surface area contributed by atoms with Crippen molar-refractivity contribution in [3.05, 3.63) is 35.4 Å². The highest BCUT2D eigenvalue weighted by molar-refractivity contribution is 5.78. The monoisotopic (exact) mass is 458 g/mol. The Morgan fingerprint density at radius 3 is 2.70 bits per heavy atom. The Morgan fingerprint density at radius 2 is 2.06 bits per heavy atom. The van der Waals surface area contributed by atoms with Crippen LogP contribution in [0.5, 0.6) is 5.75 Å². The maximum atomic E-state index is 14.3. The van der Waals surface area contributed by atoms with Crippen LogP contribution in [-0.2, 0) is 11.2 Å². The topological polar surface area (TPSA) is 71.7 Å². The van der Waals surface area contributed by atoms with Gasteiger partial charge in [0.25, 0.3) is 0 Å². The first-order valence-electron chi connectivity index (χ1n) is 12.0. The zero-order valence-corrected chi connectivity index (χ0v) is 20.1. The standard InChI is InChI=1S/C25H35FN4O3/c1-16(2)24-27-25(33-28-24)30-10-7-17(8-11-30)21-13-18(21)9-12-32-20-6-5-19(22(26)15-20)14-23(31)29(3)4/h5-6,15-18,21H,7-14H2,1-4H3/t18-,21-/m1/s1. The highest BCUT2D eigenvalue weighted by atomic mass is 19.1. The summed E-state index contributed by atoms with van der Waals surface area (Å²) in [5.41, 5.74) is 0.399. The number of amides is 1. The van der Waals surface area contributed by atoms with Crippen LogP contribution in [0.3, 0.4) is 0 Å².